The van der Waals surface area contributed by atoms with Crippen molar-refractivity contribution in [2.45, 2.75) is 25.4 Å². The van der Waals surface area contributed by atoms with E-state index in [0.29, 0.717) is 43.3 Å². The maximum atomic E-state index is 13.2. The van der Waals surface area contributed by atoms with Gasteiger partial charge < -0.3 is 14.4 Å². The molecule has 0 aliphatic carbocycles. The van der Waals surface area contributed by atoms with Gasteiger partial charge in [-0.15, -0.1) is 0 Å². The molecular weight excluding hydrogens is 386 g/mol. The quantitative estimate of drug-likeness (QED) is 0.613. The van der Waals surface area contributed by atoms with Crippen LogP contribution in [0.25, 0.3) is 11.2 Å². The molecule has 1 amide bonds. The van der Waals surface area contributed by atoms with Crippen molar-refractivity contribution >= 4 is 17.1 Å². The van der Waals surface area contributed by atoms with Gasteiger partial charge in [-0.2, -0.15) is 0 Å². The molecule has 0 radical (unpaired) electrons. The van der Waals surface area contributed by atoms with Gasteiger partial charge >= 0.3 is 5.69 Å². The van der Waals surface area contributed by atoms with Gasteiger partial charge in [-0.05, 0) is 31.0 Å². The molecule has 3 aromatic heterocycles. The van der Waals surface area contributed by atoms with Crippen molar-refractivity contribution in [3.05, 3.63) is 52.7 Å². The highest BCUT2D eigenvalue weighted by molar-refractivity contribution is 5.94. The smallest absolute Gasteiger partial charge is 0.330 e. The third kappa shape index (κ3) is 3.68. The van der Waals surface area contributed by atoms with Gasteiger partial charge in [-0.25, -0.2) is 14.8 Å². The zero-order chi connectivity index (χ0) is 21.1. The molecule has 1 saturated heterocycles. The van der Waals surface area contributed by atoms with Crippen LogP contribution in [0.4, 0.5) is 0 Å². The Bertz CT molecular complexity index is 1090. The lowest BCUT2D eigenvalue weighted by atomic mass is 10.0. The van der Waals surface area contributed by atoms with Crippen LogP contribution in [0.15, 0.2) is 41.5 Å². The van der Waals surface area contributed by atoms with Gasteiger partial charge in [0.1, 0.15) is 0 Å². The first-order valence-electron chi connectivity index (χ1n) is 9.98. The number of piperidine rings is 1. The maximum absolute atomic E-state index is 13.2. The standard InChI is InChI=1S/C21H25N5O4/c1-29-12-11-25-17-6-3-9-22-19(17)26(21(25)28)16-5-4-10-24(14-16)20(27)15-7-8-18(30-2)23-13-15/h3,6-9,13,16H,4-5,10-12,14H2,1-2H3/t16-/m0/s1. The summed E-state index contributed by atoms with van der Waals surface area (Å²) in [4.78, 5) is 36.6. The van der Waals surface area contributed by atoms with E-state index >= 15 is 0 Å². The van der Waals surface area contributed by atoms with E-state index in [1.165, 1.54) is 13.3 Å². The van der Waals surface area contributed by atoms with E-state index in [2.05, 4.69) is 9.97 Å². The summed E-state index contributed by atoms with van der Waals surface area (Å²) >= 11 is 0. The van der Waals surface area contributed by atoms with Gasteiger partial charge in [-0.3, -0.25) is 13.9 Å². The summed E-state index contributed by atoms with van der Waals surface area (Å²) in [7, 11) is 3.15. The zero-order valence-electron chi connectivity index (χ0n) is 17.2. The fourth-order valence-electron chi connectivity index (χ4n) is 4.00. The van der Waals surface area contributed by atoms with Gasteiger partial charge in [0.25, 0.3) is 5.91 Å². The minimum Gasteiger partial charge on any atom is -0.481 e. The van der Waals surface area contributed by atoms with Gasteiger partial charge in [0.05, 0.1) is 37.4 Å². The summed E-state index contributed by atoms with van der Waals surface area (Å²) in [5.41, 5.74) is 1.81. The SMILES string of the molecule is COCCn1c(=O)n([C@H]2CCCN(C(=O)c3ccc(OC)nc3)C2)c2ncccc21. The molecule has 0 bridgehead atoms. The van der Waals surface area contributed by atoms with E-state index in [0.717, 1.165) is 18.4 Å². The Morgan fingerprint density at radius 3 is 2.83 bits per heavy atom. The number of hydrogen-bond acceptors (Lipinski definition) is 6. The molecule has 158 valence electrons. The largest absolute Gasteiger partial charge is 0.481 e. The normalized spacial score (nSPS) is 16.7. The Balaban J connectivity index is 1.63. The maximum Gasteiger partial charge on any atom is 0.330 e. The zero-order valence-corrected chi connectivity index (χ0v) is 17.2. The second-order valence-corrected chi connectivity index (χ2v) is 7.28. The molecule has 0 saturated carbocycles. The Hall–Kier alpha value is -3.20. The number of aromatic nitrogens is 4. The highest BCUT2D eigenvalue weighted by Crippen LogP contribution is 2.25. The van der Waals surface area contributed by atoms with Crippen molar-refractivity contribution in [2.24, 2.45) is 0 Å². The van der Waals surface area contributed by atoms with E-state index in [9.17, 15) is 9.59 Å². The first kappa shape index (κ1) is 20.1. The summed E-state index contributed by atoms with van der Waals surface area (Å²) in [5, 5.41) is 0. The van der Waals surface area contributed by atoms with Crippen LogP contribution in [0.1, 0.15) is 29.2 Å². The fourth-order valence-corrected chi connectivity index (χ4v) is 4.00. The van der Waals surface area contributed by atoms with Crippen molar-refractivity contribution in [1.82, 2.24) is 24.0 Å². The van der Waals surface area contributed by atoms with Crippen molar-refractivity contribution < 1.29 is 14.3 Å². The predicted molar refractivity (Wildman–Crippen MR) is 111 cm³/mol. The number of hydrogen-bond donors (Lipinski definition) is 0. The Morgan fingerprint density at radius 2 is 2.10 bits per heavy atom. The molecule has 0 spiro atoms. The van der Waals surface area contributed by atoms with Crippen LogP contribution in [-0.4, -0.2) is 63.8 Å². The number of rotatable bonds is 6. The number of carbonyl (C=O) groups excluding carboxylic acids is 1. The van der Waals surface area contributed by atoms with Crippen LogP contribution in [-0.2, 0) is 11.3 Å². The molecule has 0 aromatic carbocycles. The third-order valence-corrected chi connectivity index (χ3v) is 5.48. The third-order valence-electron chi connectivity index (χ3n) is 5.48. The van der Waals surface area contributed by atoms with Crippen LogP contribution >= 0.6 is 0 Å². The molecule has 1 fully saturated rings. The fraction of sp³-hybridized carbons (Fsp3) is 0.429. The van der Waals surface area contributed by atoms with Gasteiger partial charge in [-0.1, -0.05) is 0 Å². The molecule has 0 unspecified atom stereocenters. The molecule has 30 heavy (non-hydrogen) atoms. The first-order chi connectivity index (χ1) is 14.6. The number of methoxy groups -OCH3 is 2. The lowest BCUT2D eigenvalue weighted by molar-refractivity contribution is 0.0678. The Labute approximate surface area is 173 Å². The van der Waals surface area contributed by atoms with Crippen molar-refractivity contribution in [1.29, 1.82) is 0 Å². The van der Waals surface area contributed by atoms with Crippen LogP contribution in [0.3, 0.4) is 0 Å². The number of pyridine rings is 2. The van der Waals surface area contributed by atoms with Crippen LogP contribution in [0.2, 0.25) is 0 Å². The lowest BCUT2D eigenvalue weighted by Crippen LogP contribution is -2.43. The van der Waals surface area contributed by atoms with Gasteiger partial charge in [0, 0.05) is 38.7 Å². The van der Waals surface area contributed by atoms with E-state index < -0.39 is 0 Å². The number of nitrogens with zero attached hydrogens (tertiary/aromatic N) is 5. The molecule has 1 aliphatic rings. The molecule has 9 nitrogen and oxygen atoms in total. The molecule has 4 heterocycles. The monoisotopic (exact) mass is 411 g/mol. The number of imidazole rings is 1. The molecule has 1 atom stereocenters. The van der Waals surface area contributed by atoms with Crippen molar-refractivity contribution in [2.75, 3.05) is 33.9 Å². The second-order valence-electron chi connectivity index (χ2n) is 7.28. The summed E-state index contributed by atoms with van der Waals surface area (Å²) in [6.45, 7) is 1.99. The first-order valence-corrected chi connectivity index (χ1v) is 9.98. The predicted octanol–water partition coefficient (Wildman–Crippen LogP) is 1.73. The molecule has 3 aromatic rings. The summed E-state index contributed by atoms with van der Waals surface area (Å²) in [6.07, 6.45) is 4.83. The van der Waals surface area contributed by atoms with Crippen LogP contribution in [0, 0.1) is 0 Å². The average molecular weight is 411 g/mol. The van der Waals surface area contributed by atoms with Gasteiger partial charge in [0.2, 0.25) is 5.88 Å². The van der Waals surface area contributed by atoms with E-state index in [1.807, 2.05) is 12.1 Å². The molecule has 0 N–H and O–H groups in total. The van der Waals surface area contributed by atoms with E-state index in [1.54, 1.807) is 39.5 Å². The molecule has 4 rings (SSSR count). The van der Waals surface area contributed by atoms with Crippen LogP contribution < -0.4 is 10.4 Å². The number of likely N-dealkylation sites (tertiary alicyclic amines) is 1. The molecular formula is C21H25N5O4. The topological polar surface area (TPSA) is 91.5 Å². The Morgan fingerprint density at radius 1 is 1.23 bits per heavy atom. The minimum absolute atomic E-state index is 0.0982. The highest BCUT2D eigenvalue weighted by atomic mass is 16.5. The lowest BCUT2D eigenvalue weighted by Gasteiger charge is -2.33. The summed E-state index contributed by atoms with van der Waals surface area (Å²) in [5.74, 6) is 0.364. The second kappa shape index (κ2) is 8.66. The molecule has 1 aliphatic heterocycles. The Kier molecular flexibility index (Phi) is 5.80. The number of carbonyl (C=O) groups is 1. The summed E-state index contributed by atoms with van der Waals surface area (Å²) < 4.78 is 13.6. The van der Waals surface area contributed by atoms with E-state index in [4.69, 9.17) is 9.47 Å². The van der Waals surface area contributed by atoms with Crippen molar-refractivity contribution in [3.63, 3.8) is 0 Å². The van der Waals surface area contributed by atoms with Gasteiger partial charge in [0.15, 0.2) is 5.65 Å². The van der Waals surface area contributed by atoms with E-state index in [-0.39, 0.29) is 17.6 Å². The molecule has 9 heteroatoms. The summed E-state index contributed by atoms with van der Waals surface area (Å²) in [6, 6.07) is 6.96. The van der Waals surface area contributed by atoms with Crippen molar-refractivity contribution in [3.8, 4) is 5.88 Å². The average Bonchev–Trinajstić information content (AvgIpc) is 3.08. The minimum atomic E-state index is -0.136. The number of fused-ring (bicyclic) bond motifs is 1. The van der Waals surface area contributed by atoms with Crippen LogP contribution in [0.5, 0.6) is 5.88 Å². The number of amides is 1. The highest BCUT2D eigenvalue weighted by Gasteiger charge is 2.29. The number of ether oxygens (including phenoxy) is 2.